The molecular formula is C16H16FNO2. The van der Waals surface area contributed by atoms with E-state index in [9.17, 15) is 14.3 Å². The van der Waals surface area contributed by atoms with Crippen LogP contribution in [0.3, 0.4) is 0 Å². The summed E-state index contributed by atoms with van der Waals surface area (Å²) in [5.74, 6) is -1.68. The Hall–Kier alpha value is -2.36. The maximum Gasteiger partial charge on any atom is 0.337 e. The van der Waals surface area contributed by atoms with Crippen LogP contribution in [0.2, 0.25) is 0 Å². The quantitative estimate of drug-likeness (QED) is 0.915. The Morgan fingerprint density at radius 1 is 1.20 bits per heavy atom. The number of rotatable bonds is 4. The number of anilines is 2. The van der Waals surface area contributed by atoms with E-state index in [4.69, 9.17) is 0 Å². The average Bonchev–Trinajstić information content (AvgIpc) is 2.43. The van der Waals surface area contributed by atoms with E-state index in [1.54, 1.807) is 0 Å². The summed E-state index contributed by atoms with van der Waals surface area (Å²) in [5, 5.41) is 9.23. The van der Waals surface area contributed by atoms with Crippen molar-refractivity contribution in [1.29, 1.82) is 0 Å². The topological polar surface area (TPSA) is 40.5 Å². The lowest BCUT2D eigenvalue weighted by Crippen LogP contribution is -2.19. The van der Waals surface area contributed by atoms with E-state index in [-0.39, 0.29) is 5.56 Å². The van der Waals surface area contributed by atoms with Crippen LogP contribution in [0, 0.1) is 12.7 Å². The second kappa shape index (κ2) is 5.74. The molecule has 20 heavy (non-hydrogen) atoms. The van der Waals surface area contributed by atoms with Gasteiger partial charge in [-0.05, 0) is 44.2 Å². The molecule has 0 fully saturated rings. The first-order chi connectivity index (χ1) is 9.52. The Labute approximate surface area is 117 Å². The van der Waals surface area contributed by atoms with Crippen LogP contribution in [0.1, 0.15) is 22.8 Å². The first kappa shape index (κ1) is 14.1. The molecule has 3 nitrogen and oxygen atoms in total. The fourth-order valence-electron chi connectivity index (χ4n) is 2.13. The van der Waals surface area contributed by atoms with Crippen molar-refractivity contribution in [2.45, 2.75) is 13.8 Å². The van der Waals surface area contributed by atoms with Crippen molar-refractivity contribution < 1.29 is 14.3 Å². The van der Waals surface area contributed by atoms with Gasteiger partial charge in [-0.2, -0.15) is 0 Å². The summed E-state index contributed by atoms with van der Waals surface area (Å²) in [4.78, 5) is 13.1. The van der Waals surface area contributed by atoms with Gasteiger partial charge in [0.15, 0.2) is 0 Å². The van der Waals surface area contributed by atoms with Gasteiger partial charge >= 0.3 is 5.97 Å². The molecule has 0 amide bonds. The number of nitrogens with zero attached hydrogens (tertiary/aromatic N) is 1. The Kier molecular flexibility index (Phi) is 4.03. The summed E-state index contributed by atoms with van der Waals surface area (Å²) < 4.78 is 13.2. The van der Waals surface area contributed by atoms with Gasteiger partial charge < -0.3 is 10.0 Å². The highest BCUT2D eigenvalue weighted by Crippen LogP contribution is 2.29. The number of carboxylic acids is 1. The zero-order valence-corrected chi connectivity index (χ0v) is 11.4. The molecule has 0 unspecified atom stereocenters. The summed E-state index contributed by atoms with van der Waals surface area (Å²) in [5.41, 5.74) is 2.47. The smallest absolute Gasteiger partial charge is 0.337 e. The minimum Gasteiger partial charge on any atom is -0.478 e. The highest BCUT2D eigenvalue weighted by molar-refractivity contribution is 5.95. The monoisotopic (exact) mass is 273 g/mol. The summed E-state index contributed by atoms with van der Waals surface area (Å²) >= 11 is 0. The van der Waals surface area contributed by atoms with Crippen molar-refractivity contribution in [3.8, 4) is 0 Å². The van der Waals surface area contributed by atoms with Crippen molar-refractivity contribution >= 4 is 17.3 Å². The summed E-state index contributed by atoms with van der Waals surface area (Å²) in [6.07, 6.45) is 0. The average molecular weight is 273 g/mol. The number of hydrogen-bond acceptors (Lipinski definition) is 2. The number of benzene rings is 2. The van der Waals surface area contributed by atoms with Crippen LogP contribution in [0.25, 0.3) is 0 Å². The van der Waals surface area contributed by atoms with Gasteiger partial charge in [0.1, 0.15) is 5.82 Å². The molecule has 1 N–H and O–H groups in total. The molecule has 4 heteroatoms. The fraction of sp³-hybridized carbons (Fsp3) is 0.188. The van der Waals surface area contributed by atoms with Gasteiger partial charge in [0.05, 0.1) is 11.3 Å². The van der Waals surface area contributed by atoms with Gasteiger partial charge in [-0.25, -0.2) is 9.18 Å². The van der Waals surface area contributed by atoms with Crippen LogP contribution in [0.4, 0.5) is 15.8 Å². The predicted molar refractivity (Wildman–Crippen MR) is 77.2 cm³/mol. The molecule has 0 saturated heterocycles. The zero-order chi connectivity index (χ0) is 14.7. The number of hydrogen-bond donors (Lipinski definition) is 1. The lowest BCUT2D eigenvalue weighted by atomic mass is 10.1. The molecule has 2 rings (SSSR count). The Bertz CT molecular complexity index is 623. The number of carbonyl (C=O) groups is 1. The maximum absolute atomic E-state index is 13.2. The van der Waals surface area contributed by atoms with E-state index in [2.05, 4.69) is 0 Å². The third-order valence-corrected chi connectivity index (χ3v) is 3.14. The molecule has 2 aromatic carbocycles. The molecule has 104 valence electrons. The molecule has 0 aliphatic rings. The third-order valence-electron chi connectivity index (χ3n) is 3.14. The molecule has 2 aromatic rings. The van der Waals surface area contributed by atoms with Gasteiger partial charge in [0.2, 0.25) is 0 Å². The van der Waals surface area contributed by atoms with Gasteiger partial charge in [0.25, 0.3) is 0 Å². The molecule has 0 atom stereocenters. The highest BCUT2D eigenvalue weighted by atomic mass is 19.1. The van der Waals surface area contributed by atoms with Crippen molar-refractivity contribution in [3.63, 3.8) is 0 Å². The Balaban J connectivity index is 2.51. The first-order valence-electron chi connectivity index (χ1n) is 6.40. The molecule has 0 aliphatic heterocycles. The second-order valence-electron chi connectivity index (χ2n) is 4.55. The lowest BCUT2D eigenvalue weighted by Gasteiger charge is -2.25. The molecule has 0 spiro atoms. The molecular weight excluding hydrogens is 257 g/mol. The minimum atomic E-state index is -1.13. The van der Waals surface area contributed by atoms with Gasteiger partial charge in [-0.1, -0.05) is 17.7 Å². The third kappa shape index (κ3) is 2.79. The first-order valence-corrected chi connectivity index (χ1v) is 6.40. The van der Waals surface area contributed by atoms with Crippen molar-refractivity contribution in [2.24, 2.45) is 0 Å². The van der Waals surface area contributed by atoms with Crippen molar-refractivity contribution in [1.82, 2.24) is 0 Å². The van der Waals surface area contributed by atoms with Gasteiger partial charge in [-0.3, -0.25) is 0 Å². The number of aromatic carboxylic acids is 1. The lowest BCUT2D eigenvalue weighted by molar-refractivity contribution is 0.0697. The molecule has 0 heterocycles. The number of aryl methyl sites for hydroxylation is 1. The van der Waals surface area contributed by atoms with Crippen molar-refractivity contribution in [3.05, 3.63) is 59.4 Å². The van der Waals surface area contributed by atoms with Crippen LogP contribution in [0.15, 0.2) is 42.5 Å². The number of carboxylic acid groups (broad SMARTS) is 1. The summed E-state index contributed by atoms with van der Waals surface area (Å²) in [7, 11) is 0. The summed E-state index contributed by atoms with van der Waals surface area (Å²) in [6, 6.07) is 11.6. The van der Waals surface area contributed by atoms with E-state index in [1.165, 1.54) is 12.1 Å². The van der Waals surface area contributed by atoms with E-state index in [1.807, 2.05) is 43.0 Å². The maximum atomic E-state index is 13.2. The van der Waals surface area contributed by atoms with Crippen LogP contribution >= 0.6 is 0 Å². The Morgan fingerprint density at radius 2 is 1.85 bits per heavy atom. The predicted octanol–water partition coefficient (Wildman–Crippen LogP) is 3.99. The van der Waals surface area contributed by atoms with E-state index >= 15 is 0 Å². The minimum absolute atomic E-state index is 0.0348. The van der Waals surface area contributed by atoms with Gasteiger partial charge in [-0.15, -0.1) is 0 Å². The number of halogens is 1. The van der Waals surface area contributed by atoms with Crippen LogP contribution in [-0.2, 0) is 0 Å². The summed E-state index contributed by atoms with van der Waals surface area (Å²) in [6.45, 7) is 4.50. The SMILES string of the molecule is CCN(c1ccc(C)cc1)c1ccc(F)cc1C(=O)O. The van der Waals surface area contributed by atoms with Crippen LogP contribution in [0.5, 0.6) is 0 Å². The van der Waals surface area contributed by atoms with Crippen LogP contribution < -0.4 is 4.90 Å². The molecule has 0 aliphatic carbocycles. The second-order valence-corrected chi connectivity index (χ2v) is 4.55. The fourth-order valence-corrected chi connectivity index (χ4v) is 2.13. The molecule has 0 bridgehead atoms. The highest BCUT2D eigenvalue weighted by Gasteiger charge is 2.17. The molecule has 0 radical (unpaired) electrons. The largest absolute Gasteiger partial charge is 0.478 e. The van der Waals surface area contributed by atoms with E-state index in [0.717, 1.165) is 17.3 Å². The van der Waals surface area contributed by atoms with Crippen molar-refractivity contribution in [2.75, 3.05) is 11.4 Å². The normalized spacial score (nSPS) is 10.3. The van der Waals surface area contributed by atoms with E-state index < -0.39 is 11.8 Å². The van der Waals surface area contributed by atoms with E-state index in [0.29, 0.717) is 12.2 Å². The molecule has 0 saturated carbocycles. The molecule has 0 aromatic heterocycles. The zero-order valence-electron chi connectivity index (χ0n) is 11.4. The standard InChI is InChI=1S/C16H16FNO2/c1-3-18(13-7-4-11(2)5-8-13)15-9-6-12(17)10-14(15)16(19)20/h4-10H,3H2,1-2H3,(H,19,20). The Morgan fingerprint density at radius 3 is 2.40 bits per heavy atom. The van der Waals surface area contributed by atoms with Crippen LogP contribution in [-0.4, -0.2) is 17.6 Å². The van der Waals surface area contributed by atoms with Gasteiger partial charge in [0, 0.05) is 12.2 Å².